The van der Waals surface area contributed by atoms with E-state index in [2.05, 4.69) is 22.3 Å². The summed E-state index contributed by atoms with van der Waals surface area (Å²) < 4.78 is 12.7. The van der Waals surface area contributed by atoms with Crippen LogP contribution in [0, 0.1) is 0 Å². The number of hydrogen-bond donors (Lipinski definition) is 1. The summed E-state index contributed by atoms with van der Waals surface area (Å²) in [6.45, 7) is 2.88. The fourth-order valence-electron chi connectivity index (χ4n) is 3.29. The first-order valence-corrected chi connectivity index (χ1v) is 11.6. The third-order valence-electron chi connectivity index (χ3n) is 5.08. The van der Waals surface area contributed by atoms with E-state index in [-0.39, 0.29) is 11.9 Å². The molecule has 0 bridgehead atoms. The second-order valence-electron chi connectivity index (χ2n) is 7.37. The van der Waals surface area contributed by atoms with Gasteiger partial charge in [-0.15, -0.1) is 16.4 Å². The smallest absolute Gasteiger partial charge is 0.258 e. The van der Waals surface area contributed by atoms with E-state index in [0.717, 1.165) is 29.2 Å². The van der Waals surface area contributed by atoms with Crippen LogP contribution in [0.4, 0.5) is 5.95 Å². The SMILES string of the molecule is CCCCCCOc1ccc(C(=O)Nc2nc3scc(-c4ccc(OC)cc4)n3n2)cc1. The van der Waals surface area contributed by atoms with E-state index in [9.17, 15) is 4.79 Å². The van der Waals surface area contributed by atoms with Gasteiger partial charge in [0.2, 0.25) is 4.96 Å². The Morgan fingerprint density at radius 2 is 1.78 bits per heavy atom. The number of unbranched alkanes of at least 4 members (excludes halogenated alkanes) is 3. The molecule has 2 aromatic carbocycles. The first-order chi connectivity index (χ1) is 15.7. The summed E-state index contributed by atoms with van der Waals surface area (Å²) in [5.74, 6) is 1.57. The lowest BCUT2D eigenvalue weighted by atomic mass is 10.2. The van der Waals surface area contributed by atoms with Crippen LogP contribution in [0.5, 0.6) is 11.5 Å². The molecule has 0 unspecified atom stereocenters. The van der Waals surface area contributed by atoms with Crippen LogP contribution in [0.1, 0.15) is 43.0 Å². The summed E-state index contributed by atoms with van der Waals surface area (Å²) in [5.41, 5.74) is 2.42. The fourth-order valence-corrected chi connectivity index (χ4v) is 4.12. The molecule has 7 nitrogen and oxygen atoms in total. The van der Waals surface area contributed by atoms with Crippen LogP contribution in [0.3, 0.4) is 0 Å². The minimum atomic E-state index is -0.260. The number of hydrogen-bond acceptors (Lipinski definition) is 6. The highest BCUT2D eigenvalue weighted by atomic mass is 32.1. The largest absolute Gasteiger partial charge is 0.497 e. The first-order valence-electron chi connectivity index (χ1n) is 10.7. The molecule has 4 rings (SSSR count). The number of carbonyl (C=O) groups excluding carboxylic acids is 1. The molecule has 0 aliphatic heterocycles. The van der Waals surface area contributed by atoms with Gasteiger partial charge in [0.15, 0.2) is 0 Å². The fraction of sp³-hybridized carbons (Fsp3) is 0.292. The van der Waals surface area contributed by atoms with E-state index in [1.54, 1.807) is 23.8 Å². The topological polar surface area (TPSA) is 77.8 Å². The normalized spacial score (nSPS) is 10.9. The van der Waals surface area contributed by atoms with Crippen molar-refractivity contribution in [3.63, 3.8) is 0 Å². The number of benzene rings is 2. The second-order valence-corrected chi connectivity index (χ2v) is 8.20. The molecule has 1 amide bonds. The molecule has 0 atom stereocenters. The zero-order chi connectivity index (χ0) is 22.3. The lowest BCUT2D eigenvalue weighted by Gasteiger charge is -2.07. The minimum absolute atomic E-state index is 0.260. The molecule has 2 aromatic heterocycles. The van der Waals surface area contributed by atoms with Gasteiger partial charge in [0.05, 0.1) is 19.4 Å². The number of rotatable bonds is 10. The molecule has 166 valence electrons. The Balaban J connectivity index is 1.40. The molecular formula is C24H26N4O3S. The number of ether oxygens (including phenoxy) is 2. The molecule has 4 aromatic rings. The van der Waals surface area contributed by atoms with E-state index < -0.39 is 0 Å². The predicted molar refractivity (Wildman–Crippen MR) is 127 cm³/mol. The molecule has 0 aliphatic carbocycles. The van der Waals surface area contributed by atoms with E-state index in [1.807, 2.05) is 41.8 Å². The van der Waals surface area contributed by atoms with Gasteiger partial charge in [0.1, 0.15) is 11.5 Å². The first kappa shape index (κ1) is 21.8. The van der Waals surface area contributed by atoms with Crippen molar-refractivity contribution in [2.24, 2.45) is 0 Å². The van der Waals surface area contributed by atoms with E-state index >= 15 is 0 Å². The molecular weight excluding hydrogens is 424 g/mol. The quantitative estimate of drug-likeness (QED) is 0.315. The Labute approximate surface area is 191 Å². The standard InChI is InChI=1S/C24H26N4O3S/c1-3-4-5-6-15-31-20-13-9-18(10-14-20)22(29)25-23-26-24-28(27-23)21(16-32-24)17-7-11-19(30-2)12-8-17/h7-14,16H,3-6,15H2,1-2H3,(H,25,27,29). The molecule has 32 heavy (non-hydrogen) atoms. The van der Waals surface area contributed by atoms with Crippen LogP contribution in [-0.2, 0) is 0 Å². The van der Waals surface area contributed by atoms with Gasteiger partial charge >= 0.3 is 0 Å². The number of amides is 1. The lowest BCUT2D eigenvalue weighted by molar-refractivity contribution is 0.102. The molecule has 0 radical (unpaired) electrons. The summed E-state index contributed by atoms with van der Waals surface area (Å²) in [6, 6.07) is 14.9. The van der Waals surface area contributed by atoms with Crippen LogP contribution in [0.15, 0.2) is 53.9 Å². The van der Waals surface area contributed by atoms with Crippen molar-refractivity contribution in [3.05, 3.63) is 59.5 Å². The van der Waals surface area contributed by atoms with Gasteiger partial charge in [-0.05, 0) is 55.0 Å². The zero-order valence-electron chi connectivity index (χ0n) is 18.2. The lowest BCUT2D eigenvalue weighted by Crippen LogP contribution is -2.13. The molecule has 0 spiro atoms. The predicted octanol–water partition coefficient (Wildman–Crippen LogP) is 5.68. The number of thiazole rings is 1. The van der Waals surface area contributed by atoms with Crippen LogP contribution in [-0.4, -0.2) is 34.2 Å². The zero-order valence-corrected chi connectivity index (χ0v) is 19.0. The summed E-state index contributed by atoms with van der Waals surface area (Å²) in [6.07, 6.45) is 4.64. The summed E-state index contributed by atoms with van der Waals surface area (Å²) in [7, 11) is 1.64. The Hall–Kier alpha value is -3.39. The van der Waals surface area contributed by atoms with Crippen LogP contribution >= 0.6 is 11.3 Å². The van der Waals surface area contributed by atoms with Crippen molar-refractivity contribution in [1.29, 1.82) is 0 Å². The number of nitrogens with one attached hydrogen (secondary N) is 1. The molecule has 2 heterocycles. The van der Waals surface area contributed by atoms with Gasteiger partial charge in [-0.3, -0.25) is 10.1 Å². The maximum absolute atomic E-state index is 12.6. The maximum atomic E-state index is 12.6. The van der Waals surface area contributed by atoms with Crippen molar-refractivity contribution in [1.82, 2.24) is 14.6 Å². The molecule has 8 heteroatoms. The van der Waals surface area contributed by atoms with Crippen molar-refractivity contribution in [3.8, 4) is 22.8 Å². The number of aromatic nitrogens is 3. The minimum Gasteiger partial charge on any atom is -0.497 e. The molecule has 0 fully saturated rings. The van der Waals surface area contributed by atoms with Crippen molar-refractivity contribution >= 4 is 28.2 Å². The third kappa shape index (κ3) is 5.08. The molecule has 1 N–H and O–H groups in total. The number of anilines is 1. The van der Waals surface area contributed by atoms with Gasteiger partial charge < -0.3 is 9.47 Å². The Morgan fingerprint density at radius 3 is 2.50 bits per heavy atom. The van der Waals surface area contributed by atoms with Gasteiger partial charge in [-0.25, -0.2) is 4.52 Å². The molecule has 0 saturated carbocycles. The monoisotopic (exact) mass is 450 g/mol. The highest BCUT2D eigenvalue weighted by Crippen LogP contribution is 2.27. The summed E-state index contributed by atoms with van der Waals surface area (Å²) in [5, 5.41) is 9.24. The third-order valence-corrected chi connectivity index (χ3v) is 5.89. The molecule has 0 saturated heterocycles. The number of nitrogens with zero attached hydrogens (tertiary/aromatic N) is 3. The van der Waals surface area contributed by atoms with E-state index in [4.69, 9.17) is 9.47 Å². The van der Waals surface area contributed by atoms with Crippen molar-refractivity contribution in [2.45, 2.75) is 32.6 Å². The number of carbonyl (C=O) groups is 1. The van der Waals surface area contributed by atoms with Crippen LogP contribution < -0.4 is 14.8 Å². The van der Waals surface area contributed by atoms with Gasteiger partial charge in [0.25, 0.3) is 11.9 Å². The van der Waals surface area contributed by atoms with E-state index in [0.29, 0.717) is 17.1 Å². The van der Waals surface area contributed by atoms with Crippen LogP contribution in [0.25, 0.3) is 16.2 Å². The Kier molecular flexibility index (Phi) is 7.01. The Morgan fingerprint density at radius 1 is 1.03 bits per heavy atom. The van der Waals surface area contributed by atoms with Gasteiger partial charge in [-0.1, -0.05) is 26.2 Å². The molecule has 0 aliphatic rings. The average Bonchev–Trinajstić information content (AvgIpc) is 3.39. The highest BCUT2D eigenvalue weighted by molar-refractivity contribution is 7.15. The summed E-state index contributed by atoms with van der Waals surface area (Å²) in [4.78, 5) is 17.8. The average molecular weight is 451 g/mol. The summed E-state index contributed by atoms with van der Waals surface area (Å²) >= 11 is 1.47. The maximum Gasteiger partial charge on any atom is 0.258 e. The van der Waals surface area contributed by atoms with Gasteiger partial charge in [0, 0.05) is 16.5 Å². The second kappa shape index (κ2) is 10.3. The number of fused-ring (bicyclic) bond motifs is 1. The van der Waals surface area contributed by atoms with E-state index in [1.165, 1.54) is 30.6 Å². The van der Waals surface area contributed by atoms with Gasteiger partial charge in [-0.2, -0.15) is 4.98 Å². The van der Waals surface area contributed by atoms with Crippen molar-refractivity contribution in [2.75, 3.05) is 19.0 Å². The van der Waals surface area contributed by atoms with Crippen molar-refractivity contribution < 1.29 is 14.3 Å². The highest BCUT2D eigenvalue weighted by Gasteiger charge is 2.14. The number of methoxy groups -OCH3 is 1. The Bertz CT molecular complexity index is 1170. The van der Waals surface area contributed by atoms with Crippen LogP contribution in [0.2, 0.25) is 0 Å².